The van der Waals surface area contributed by atoms with Gasteiger partial charge in [0, 0.05) is 6.42 Å². The third-order valence-electron chi connectivity index (χ3n) is 2.82. The average Bonchev–Trinajstić information content (AvgIpc) is 2.94. The van der Waals surface area contributed by atoms with Crippen LogP contribution in [0.25, 0.3) is 11.0 Å². The Morgan fingerprint density at radius 1 is 1.13 bits per heavy atom. The monoisotopic (exact) mass is 548 g/mol. The number of halogens is 6. The molecule has 0 radical (unpaired) electrons. The second-order valence-corrected chi connectivity index (χ2v) is 61.8. The Balaban J connectivity index is 0.000000236. The second kappa shape index (κ2) is 6.42. The zero-order valence-electron chi connectivity index (χ0n) is 11.8. The summed E-state index contributed by atoms with van der Waals surface area (Å²) in [4.78, 5) is 7.22. The van der Waals surface area contributed by atoms with E-state index in [9.17, 15) is 0 Å². The first-order valence-electron chi connectivity index (χ1n) is 6.42. The number of aromatic nitrogens is 3. The summed E-state index contributed by atoms with van der Waals surface area (Å²) in [5.74, 6) is 0.954. The Kier molecular flexibility index (Phi) is 5.58. The first-order chi connectivity index (χ1) is 10.3. The molecule has 0 bridgehead atoms. The summed E-state index contributed by atoms with van der Waals surface area (Å²) in [5, 5.41) is 8.03. The summed E-state index contributed by atoms with van der Waals surface area (Å²) in [6.07, 6.45) is 2.10. The quantitative estimate of drug-likeness (QED) is 0.389. The molecule has 0 atom stereocenters. The first-order valence-corrected chi connectivity index (χ1v) is 25.8. The standard InChI is InChI=1S/C11H13N4O.6ClH.Sb/c1-14-8-4-7-11(14)16-15-10-6-3-2-5-9(10)12-13-15;;;;;;;/h2-3,5-6H,4,7-8H2,1H3;6*1H;/q+1;;;;;;;+5/p-6. The van der Waals surface area contributed by atoms with E-state index in [4.69, 9.17) is 57.8 Å². The van der Waals surface area contributed by atoms with E-state index in [1.54, 1.807) is 0 Å². The SMILES string of the molecule is C[N+]1=C(On2nnc3ccccc32)CCC1.[Cl][Sb-]([Cl])([Cl])([Cl])([Cl])[Cl]. The van der Waals surface area contributed by atoms with Gasteiger partial charge in [-0.25, -0.2) is 4.58 Å². The van der Waals surface area contributed by atoms with Crippen molar-refractivity contribution in [3.8, 4) is 0 Å². The number of hydrogen-bond donors (Lipinski definition) is 0. The van der Waals surface area contributed by atoms with Gasteiger partial charge in [0.1, 0.15) is 24.6 Å². The Labute approximate surface area is 153 Å². The molecule has 12 heteroatoms. The van der Waals surface area contributed by atoms with E-state index < -0.39 is 9.14 Å². The van der Waals surface area contributed by atoms with Gasteiger partial charge in [-0.3, -0.25) is 4.84 Å². The van der Waals surface area contributed by atoms with Gasteiger partial charge in [0.25, 0.3) is 0 Å². The van der Waals surface area contributed by atoms with E-state index >= 15 is 0 Å². The normalized spacial score (nSPS) is 18.2. The number of nitrogens with zero attached hydrogens (tertiary/aromatic N) is 4. The van der Waals surface area contributed by atoms with Gasteiger partial charge in [-0.05, 0) is 17.3 Å². The van der Waals surface area contributed by atoms with Gasteiger partial charge in [-0.1, -0.05) is 17.0 Å². The molecule has 5 nitrogen and oxygen atoms in total. The molecule has 1 aromatic heterocycles. The third kappa shape index (κ3) is 8.04. The molecule has 2 heterocycles. The Morgan fingerprint density at radius 2 is 1.74 bits per heavy atom. The van der Waals surface area contributed by atoms with Crippen molar-refractivity contribution in [2.75, 3.05) is 13.6 Å². The summed E-state index contributed by atoms with van der Waals surface area (Å²) in [6.45, 7) is 1.04. The van der Waals surface area contributed by atoms with Crippen LogP contribution in [0.3, 0.4) is 0 Å². The molecule has 130 valence electrons. The van der Waals surface area contributed by atoms with E-state index in [0.717, 1.165) is 36.3 Å². The minimum absolute atomic E-state index is 0.851. The van der Waals surface area contributed by atoms with Crippen LogP contribution in [0.2, 0.25) is 0 Å². The summed E-state index contributed by atoms with van der Waals surface area (Å²) < 4.78 is 2.11. The Morgan fingerprint density at radius 3 is 2.30 bits per heavy atom. The molecule has 1 aromatic carbocycles. The fourth-order valence-electron chi connectivity index (χ4n) is 1.91. The maximum atomic E-state index is 5.73. The molecule has 0 unspecified atom stereocenters. The zero-order chi connectivity index (χ0) is 17.4. The first kappa shape index (κ1) is 20.0. The molecule has 1 aliphatic rings. The fraction of sp³-hybridized carbons (Fsp3) is 0.364. The Bertz CT molecular complexity index is 743. The van der Waals surface area contributed by atoms with E-state index in [-0.39, 0.29) is 0 Å². The molecule has 2 aromatic rings. The molecule has 0 fully saturated rings. The van der Waals surface area contributed by atoms with Crippen LogP contribution in [0.15, 0.2) is 24.3 Å². The van der Waals surface area contributed by atoms with Crippen molar-refractivity contribution in [1.82, 2.24) is 15.2 Å². The summed E-state index contributed by atoms with van der Waals surface area (Å²) in [7, 11) is 27.0. The van der Waals surface area contributed by atoms with Crippen LogP contribution >= 0.6 is 53.0 Å². The number of rotatable bonds is 1. The number of para-hydroxylation sites is 1. The topological polar surface area (TPSA) is 43.0 Å². The van der Waals surface area contributed by atoms with Crippen molar-refractivity contribution in [3.63, 3.8) is 0 Å². The van der Waals surface area contributed by atoms with Crippen LogP contribution in [0.4, 0.5) is 0 Å². The van der Waals surface area contributed by atoms with Crippen LogP contribution in [-0.2, 0) is 0 Å². The van der Waals surface area contributed by atoms with Crippen LogP contribution < -0.4 is 4.84 Å². The summed E-state index contributed by atoms with van der Waals surface area (Å²) in [5.41, 5.74) is 1.75. The van der Waals surface area contributed by atoms with Crippen LogP contribution in [0.5, 0.6) is 0 Å². The van der Waals surface area contributed by atoms with Crippen LogP contribution in [-0.4, -0.2) is 48.4 Å². The van der Waals surface area contributed by atoms with Crippen LogP contribution in [0, 0.1) is 0 Å². The third-order valence-corrected chi connectivity index (χ3v) is 2.82. The van der Waals surface area contributed by atoms with Gasteiger partial charge < -0.3 is 0 Å². The van der Waals surface area contributed by atoms with E-state index in [0.29, 0.717) is 0 Å². The Hall–Kier alpha value is 0.648. The van der Waals surface area contributed by atoms with E-state index in [1.165, 1.54) is 4.85 Å². The van der Waals surface area contributed by atoms with Gasteiger partial charge in [-0.2, -0.15) is 0 Å². The van der Waals surface area contributed by atoms with Gasteiger partial charge in [0.2, 0.25) is 0 Å². The molecule has 3 rings (SSSR count). The zero-order valence-corrected chi connectivity index (χ0v) is 18.9. The number of benzene rings is 1. The molecule has 0 spiro atoms. The summed E-state index contributed by atoms with van der Waals surface area (Å²) in [6, 6.07) is 7.76. The van der Waals surface area contributed by atoms with E-state index in [2.05, 4.69) is 14.9 Å². The molecular weight excluding hydrogens is 539 g/mol. The van der Waals surface area contributed by atoms with E-state index in [1.807, 2.05) is 31.3 Å². The molecule has 0 saturated heterocycles. The molecule has 1 aliphatic heterocycles. The molecule has 23 heavy (non-hydrogen) atoms. The molecule has 0 amide bonds. The average molecular weight is 552 g/mol. The minimum atomic E-state index is -5.42. The molecule has 0 N–H and O–H groups in total. The molecular formula is C11H13Cl6N4OSb. The van der Waals surface area contributed by atoms with Crippen molar-refractivity contribution in [2.24, 2.45) is 0 Å². The van der Waals surface area contributed by atoms with Crippen molar-refractivity contribution < 1.29 is 9.41 Å². The molecule has 0 aliphatic carbocycles. The predicted molar refractivity (Wildman–Crippen MR) is 100 cm³/mol. The second-order valence-electron chi connectivity index (χ2n) is 4.92. The van der Waals surface area contributed by atoms with Crippen LogP contribution in [0.1, 0.15) is 12.8 Å². The number of fused-ring (bicyclic) bond motifs is 1. The van der Waals surface area contributed by atoms with Gasteiger partial charge in [-0.15, -0.1) is 5.10 Å². The fourth-order valence-corrected chi connectivity index (χ4v) is 1.91. The number of hydrogen-bond acceptors (Lipinski definition) is 3. The van der Waals surface area contributed by atoms with Gasteiger partial charge >= 0.3 is 68.0 Å². The van der Waals surface area contributed by atoms with Crippen molar-refractivity contribution in [2.45, 2.75) is 12.8 Å². The van der Waals surface area contributed by atoms with Gasteiger partial charge in [0.15, 0.2) is 0 Å². The molecule has 0 saturated carbocycles. The summed E-state index contributed by atoms with van der Waals surface area (Å²) >= 11 is 0. The maximum absolute atomic E-state index is 5.73. The predicted octanol–water partition coefficient (Wildman–Crippen LogP) is 4.45. The van der Waals surface area contributed by atoms with Gasteiger partial charge in [0.05, 0.1) is 6.42 Å². The van der Waals surface area contributed by atoms with Crippen molar-refractivity contribution >= 4 is 79.0 Å². The van der Waals surface area contributed by atoms with Crippen molar-refractivity contribution in [1.29, 1.82) is 0 Å². The van der Waals surface area contributed by atoms with Crippen molar-refractivity contribution in [3.05, 3.63) is 24.3 Å².